The SMILES string of the molecule is O=C(COc1cccc([C@H]2c3sc(=O)[nH]c3SC3C4CC(C5C(=O)N(c6cccc(C(F)(F)F)c6)C(=O)C45)C32)c1)Nc1cccc2ccccc12. The Morgan fingerprint density at radius 2 is 1.65 bits per heavy atom. The molecule has 0 radical (unpaired) electrons. The van der Waals surface area contributed by atoms with Gasteiger partial charge < -0.3 is 15.0 Å². The second-order valence-electron chi connectivity index (χ2n) is 13.5. The quantitative estimate of drug-likeness (QED) is 0.178. The van der Waals surface area contributed by atoms with Crippen molar-refractivity contribution >= 4 is 63.0 Å². The number of nitrogens with one attached hydrogen (secondary N) is 2. The van der Waals surface area contributed by atoms with E-state index in [0.717, 1.165) is 54.6 Å². The molecule has 2 aliphatic heterocycles. The normalized spacial score (nSPS) is 26.3. The molecule has 2 bridgehead atoms. The van der Waals surface area contributed by atoms with E-state index in [4.69, 9.17) is 4.74 Å². The smallest absolute Gasteiger partial charge is 0.416 e. The molecule has 4 aromatic carbocycles. The number of H-pyrrole nitrogens is 1. The van der Waals surface area contributed by atoms with Crippen LogP contribution in [0.3, 0.4) is 0 Å². The van der Waals surface area contributed by atoms with E-state index in [1.54, 1.807) is 6.07 Å². The van der Waals surface area contributed by atoms with Gasteiger partial charge in [0.05, 0.1) is 28.1 Å². The predicted octanol–water partition coefficient (Wildman–Crippen LogP) is 7.30. The van der Waals surface area contributed by atoms with Crippen LogP contribution in [0.25, 0.3) is 10.8 Å². The van der Waals surface area contributed by atoms with Gasteiger partial charge >= 0.3 is 11.0 Å². The summed E-state index contributed by atoms with van der Waals surface area (Å²) in [6, 6.07) is 25.2. The number of anilines is 2. The summed E-state index contributed by atoms with van der Waals surface area (Å²) in [6.07, 6.45) is -3.99. The Labute approximate surface area is 297 Å². The third-order valence-electron chi connectivity index (χ3n) is 10.8. The molecule has 258 valence electrons. The van der Waals surface area contributed by atoms with Crippen molar-refractivity contribution in [2.24, 2.45) is 29.6 Å². The zero-order valence-corrected chi connectivity index (χ0v) is 28.2. The van der Waals surface area contributed by atoms with E-state index < -0.39 is 35.4 Å². The highest BCUT2D eigenvalue weighted by Crippen LogP contribution is 2.68. The molecule has 6 unspecified atom stereocenters. The lowest BCUT2D eigenvalue weighted by Crippen LogP contribution is -2.42. The molecule has 3 amide bonds. The summed E-state index contributed by atoms with van der Waals surface area (Å²) in [5.74, 6) is -2.96. The van der Waals surface area contributed by atoms with Crippen LogP contribution in [0.5, 0.6) is 5.75 Å². The number of imide groups is 1. The van der Waals surface area contributed by atoms with Gasteiger partial charge in [-0.1, -0.05) is 65.9 Å². The monoisotopic (exact) mass is 727 g/mol. The van der Waals surface area contributed by atoms with Crippen LogP contribution in [0.4, 0.5) is 24.5 Å². The molecule has 7 atom stereocenters. The number of carbonyl (C=O) groups is 3. The Bertz CT molecular complexity index is 2320. The summed E-state index contributed by atoms with van der Waals surface area (Å²) in [5, 5.41) is 5.47. The number of alkyl halides is 3. The van der Waals surface area contributed by atoms with Crippen molar-refractivity contribution in [1.29, 1.82) is 0 Å². The minimum atomic E-state index is -4.62. The first-order valence-corrected chi connectivity index (χ1v) is 18.2. The minimum Gasteiger partial charge on any atom is -0.484 e. The molecule has 8 nitrogen and oxygen atoms in total. The van der Waals surface area contributed by atoms with Crippen LogP contribution in [-0.2, 0) is 20.6 Å². The van der Waals surface area contributed by atoms with Gasteiger partial charge in [-0.05, 0) is 71.5 Å². The number of aromatic amines is 1. The van der Waals surface area contributed by atoms with Crippen LogP contribution in [0.15, 0.2) is 101 Å². The van der Waals surface area contributed by atoms with Crippen LogP contribution < -0.4 is 19.8 Å². The first-order chi connectivity index (χ1) is 24.6. The number of ether oxygens (including phenoxy) is 1. The van der Waals surface area contributed by atoms with Gasteiger partial charge in [-0.15, -0.1) is 11.8 Å². The van der Waals surface area contributed by atoms with Gasteiger partial charge in [0.2, 0.25) is 11.8 Å². The van der Waals surface area contributed by atoms with Gasteiger partial charge in [-0.3, -0.25) is 24.1 Å². The molecule has 2 saturated carbocycles. The van der Waals surface area contributed by atoms with E-state index in [-0.39, 0.29) is 52.0 Å². The molecule has 3 fully saturated rings. The van der Waals surface area contributed by atoms with E-state index >= 15 is 0 Å². The summed E-state index contributed by atoms with van der Waals surface area (Å²) < 4.78 is 46.7. The van der Waals surface area contributed by atoms with Crippen LogP contribution in [0, 0.1) is 29.6 Å². The van der Waals surface area contributed by atoms with Crippen LogP contribution >= 0.6 is 23.1 Å². The van der Waals surface area contributed by atoms with E-state index in [1.807, 2.05) is 60.7 Å². The predicted molar refractivity (Wildman–Crippen MR) is 187 cm³/mol. The molecular formula is C38H28F3N3O5S2. The number of fused-ring (bicyclic) bond motifs is 10. The van der Waals surface area contributed by atoms with E-state index in [9.17, 15) is 32.3 Å². The van der Waals surface area contributed by atoms with Gasteiger partial charge in [0.1, 0.15) is 5.75 Å². The van der Waals surface area contributed by atoms with Crippen LogP contribution in [-0.4, -0.2) is 34.6 Å². The van der Waals surface area contributed by atoms with Crippen molar-refractivity contribution in [3.8, 4) is 5.75 Å². The molecule has 2 aliphatic carbocycles. The molecule has 1 saturated heterocycles. The number of aromatic nitrogens is 1. The van der Waals surface area contributed by atoms with Gasteiger partial charge in [0.15, 0.2) is 6.61 Å². The molecule has 13 heteroatoms. The second-order valence-corrected chi connectivity index (χ2v) is 15.7. The molecule has 4 aliphatic rings. The maximum absolute atomic E-state index is 14.0. The number of nitrogens with zero attached hydrogens (tertiary/aromatic N) is 1. The number of halogens is 3. The van der Waals surface area contributed by atoms with Gasteiger partial charge in [0.25, 0.3) is 5.91 Å². The summed E-state index contributed by atoms with van der Waals surface area (Å²) in [7, 11) is 0. The fourth-order valence-electron chi connectivity index (χ4n) is 8.93. The fraction of sp³-hybridized carbons (Fsp3) is 0.263. The zero-order chi connectivity index (χ0) is 35.2. The summed E-state index contributed by atoms with van der Waals surface area (Å²) in [4.78, 5) is 58.1. The summed E-state index contributed by atoms with van der Waals surface area (Å²) >= 11 is 2.64. The number of carbonyl (C=O) groups excluding carboxylic acids is 3. The average Bonchev–Trinajstić information content (AvgIpc) is 3.86. The van der Waals surface area contributed by atoms with E-state index in [1.165, 1.54) is 23.9 Å². The lowest BCUT2D eigenvalue weighted by molar-refractivity contribution is -0.137. The molecule has 1 aromatic heterocycles. The number of hydrogen-bond acceptors (Lipinski definition) is 7. The first-order valence-electron chi connectivity index (χ1n) is 16.5. The van der Waals surface area contributed by atoms with Crippen molar-refractivity contribution in [3.05, 3.63) is 117 Å². The third kappa shape index (κ3) is 5.19. The molecule has 2 N–H and O–H groups in total. The summed E-state index contributed by atoms with van der Waals surface area (Å²) in [6.45, 7) is -0.238. The molecule has 0 spiro atoms. The second kappa shape index (κ2) is 11.8. The average molecular weight is 728 g/mol. The zero-order valence-electron chi connectivity index (χ0n) is 26.6. The number of rotatable bonds is 6. The van der Waals surface area contributed by atoms with Crippen molar-refractivity contribution in [2.45, 2.75) is 28.8 Å². The maximum Gasteiger partial charge on any atom is 0.416 e. The topological polar surface area (TPSA) is 109 Å². The van der Waals surface area contributed by atoms with Gasteiger partial charge in [-0.2, -0.15) is 13.2 Å². The maximum atomic E-state index is 14.0. The molecule has 9 rings (SSSR count). The minimum absolute atomic E-state index is 0.0708. The standard InChI is InChI=1S/C38H28F3N3O5S2/c39-38(40,41)20-9-5-10-21(15-20)44-35(46)30-24-16-25(31(30)36(44)47)32-29(24)28(33-34(50-32)43-37(48)51-33)19-8-3-11-22(14-19)49-17-27(45)42-26-13-4-7-18-6-1-2-12-23(18)26/h1-15,24-25,28-32H,16-17H2,(H,42,45)(H,43,48)/t24?,25?,28-,29?,30?,31?,32?/m1/s1. The Hall–Kier alpha value is -4.88. The number of thiazole rings is 1. The number of hydrogen-bond donors (Lipinski definition) is 2. The van der Waals surface area contributed by atoms with Crippen molar-refractivity contribution in [3.63, 3.8) is 0 Å². The van der Waals surface area contributed by atoms with E-state index in [2.05, 4.69) is 10.3 Å². The number of thioether (sulfide) groups is 1. The highest BCUT2D eigenvalue weighted by Gasteiger charge is 2.69. The third-order valence-corrected chi connectivity index (χ3v) is 13.4. The lowest BCUT2D eigenvalue weighted by Gasteiger charge is -2.43. The largest absolute Gasteiger partial charge is 0.484 e. The Morgan fingerprint density at radius 1 is 0.902 bits per heavy atom. The molecule has 5 aromatic rings. The Morgan fingerprint density at radius 3 is 2.47 bits per heavy atom. The van der Waals surface area contributed by atoms with Crippen molar-refractivity contribution in [2.75, 3.05) is 16.8 Å². The van der Waals surface area contributed by atoms with Crippen LogP contribution in [0.1, 0.15) is 28.3 Å². The van der Waals surface area contributed by atoms with Gasteiger partial charge in [0, 0.05) is 27.1 Å². The fourth-order valence-corrected chi connectivity index (χ4v) is 11.8. The summed E-state index contributed by atoms with van der Waals surface area (Å²) in [5.41, 5.74) is 0.534. The van der Waals surface area contributed by atoms with Crippen molar-refractivity contribution < 1.29 is 32.3 Å². The van der Waals surface area contributed by atoms with Crippen molar-refractivity contribution in [1.82, 2.24) is 4.98 Å². The highest BCUT2D eigenvalue weighted by molar-refractivity contribution is 8.00. The molecule has 3 heterocycles. The Kier molecular flexibility index (Phi) is 7.44. The Balaban J connectivity index is 0.998. The molecule has 51 heavy (non-hydrogen) atoms. The van der Waals surface area contributed by atoms with Gasteiger partial charge in [-0.25, -0.2) is 0 Å². The number of benzene rings is 4. The number of amides is 3. The molecular weight excluding hydrogens is 700 g/mol. The lowest BCUT2D eigenvalue weighted by atomic mass is 9.68. The highest BCUT2D eigenvalue weighted by atomic mass is 32.2. The van der Waals surface area contributed by atoms with Crippen LogP contribution in [0.2, 0.25) is 0 Å². The van der Waals surface area contributed by atoms with E-state index in [0.29, 0.717) is 17.9 Å². The first kappa shape index (κ1) is 32.1.